The second-order valence-electron chi connectivity index (χ2n) is 8.19. The highest BCUT2D eigenvalue weighted by molar-refractivity contribution is 5.76. The van der Waals surface area contributed by atoms with Gasteiger partial charge in [0.1, 0.15) is 13.4 Å². The van der Waals surface area contributed by atoms with E-state index < -0.39 is 6.10 Å². The van der Waals surface area contributed by atoms with Gasteiger partial charge in [-0.05, 0) is 24.5 Å². The Bertz CT molecular complexity index is 556. The average Bonchev–Trinajstić information content (AvgIpc) is 2.80. The van der Waals surface area contributed by atoms with Crippen molar-refractivity contribution in [1.29, 1.82) is 0 Å². The predicted molar refractivity (Wildman–Crippen MR) is 128 cm³/mol. The lowest BCUT2D eigenvalue weighted by molar-refractivity contribution is -0.161. The normalized spacial score (nSPS) is 12.3. The van der Waals surface area contributed by atoms with Crippen molar-refractivity contribution >= 4 is 5.97 Å². The molecule has 1 atom stereocenters. The third-order valence-electron chi connectivity index (χ3n) is 5.36. The van der Waals surface area contributed by atoms with Gasteiger partial charge >= 0.3 is 5.97 Å². The largest absolute Gasteiger partial charge is 0.459 e. The number of esters is 1. The summed E-state index contributed by atoms with van der Waals surface area (Å²) in [5.74, 6) is -0.383. The van der Waals surface area contributed by atoms with Crippen LogP contribution in [-0.2, 0) is 25.6 Å². The summed E-state index contributed by atoms with van der Waals surface area (Å²) in [6.07, 6.45) is 20.2. The molecule has 1 aromatic rings. The highest BCUT2D eigenvalue weighted by atomic mass is 16.7. The van der Waals surface area contributed by atoms with E-state index in [0.717, 1.165) is 18.4 Å². The van der Waals surface area contributed by atoms with Gasteiger partial charge in [-0.15, -0.1) is 0 Å². The first-order valence-corrected chi connectivity index (χ1v) is 12.3. The van der Waals surface area contributed by atoms with E-state index in [0.29, 0.717) is 0 Å². The lowest BCUT2D eigenvalue weighted by atomic mass is 10.0. The molecule has 0 N–H and O–H groups in total. The topological polar surface area (TPSA) is 44.8 Å². The van der Waals surface area contributed by atoms with Crippen LogP contribution in [0.3, 0.4) is 0 Å². The molecule has 0 unspecified atom stereocenters. The van der Waals surface area contributed by atoms with Gasteiger partial charge in [-0.3, -0.25) is 0 Å². The maximum absolute atomic E-state index is 12.3. The molecule has 0 aromatic heterocycles. The van der Waals surface area contributed by atoms with Gasteiger partial charge in [-0.1, -0.05) is 114 Å². The molecule has 0 heterocycles. The summed E-state index contributed by atoms with van der Waals surface area (Å²) in [4.78, 5) is 12.3. The van der Waals surface area contributed by atoms with Gasteiger partial charge < -0.3 is 14.2 Å². The van der Waals surface area contributed by atoms with Crippen LogP contribution in [0.15, 0.2) is 42.5 Å². The fourth-order valence-corrected chi connectivity index (χ4v) is 3.48. The number of carbonyl (C=O) groups excluding carboxylic acids is 1. The van der Waals surface area contributed by atoms with Crippen molar-refractivity contribution in [1.82, 2.24) is 0 Å². The molecule has 0 amide bonds. The quantitative estimate of drug-likeness (QED) is 0.0934. The Balaban J connectivity index is 2.10. The zero-order valence-corrected chi connectivity index (χ0v) is 19.9. The van der Waals surface area contributed by atoms with Crippen molar-refractivity contribution in [3.05, 3.63) is 48.0 Å². The van der Waals surface area contributed by atoms with E-state index in [1.165, 1.54) is 70.6 Å². The first kappa shape index (κ1) is 27.4. The van der Waals surface area contributed by atoms with Crippen LogP contribution in [0, 0.1) is 0 Å². The molecule has 0 saturated heterocycles. The number of allylic oxidation sites excluding steroid dienone is 1. The van der Waals surface area contributed by atoms with Gasteiger partial charge in [0.05, 0.1) is 0 Å². The van der Waals surface area contributed by atoms with Crippen LogP contribution in [-0.4, -0.2) is 26.0 Å². The molecule has 0 saturated carbocycles. The van der Waals surface area contributed by atoms with Crippen molar-refractivity contribution in [2.45, 2.75) is 103 Å². The average molecular weight is 433 g/mol. The Morgan fingerprint density at radius 1 is 0.871 bits per heavy atom. The van der Waals surface area contributed by atoms with Crippen LogP contribution >= 0.6 is 0 Å². The van der Waals surface area contributed by atoms with E-state index in [-0.39, 0.29) is 19.4 Å². The Morgan fingerprint density at radius 2 is 1.45 bits per heavy atom. The summed E-state index contributed by atoms with van der Waals surface area (Å²) < 4.78 is 15.8. The molecule has 31 heavy (non-hydrogen) atoms. The second kappa shape index (κ2) is 20.3. The Labute approximate surface area is 190 Å². The fourth-order valence-electron chi connectivity index (χ4n) is 3.48. The molecule has 4 nitrogen and oxygen atoms in total. The minimum atomic E-state index is -0.721. The first-order valence-electron chi connectivity index (χ1n) is 12.3. The molecule has 0 bridgehead atoms. The van der Waals surface area contributed by atoms with E-state index in [4.69, 9.17) is 14.2 Å². The number of carbonyl (C=O) groups is 1. The number of benzene rings is 1. The van der Waals surface area contributed by atoms with Crippen molar-refractivity contribution < 1.29 is 19.0 Å². The van der Waals surface area contributed by atoms with E-state index in [1.807, 2.05) is 36.4 Å². The highest BCUT2D eigenvalue weighted by Crippen LogP contribution is 2.13. The highest BCUT2D eigenvalue weighted by Gasteiger charge is 2.17. The van der Waals surface area contributed by atoms with Crippen LogP contribution in [0.2, 0.25) is 0 Å². The van der Waals surface area contributed by atoms with Crippen molar-refractivity contribution in [2.24, 2.45) is 0 Å². The Morgan fingerprint density at radius 3 is 2.03 bits per heavy atom. The van der Waals surface area contributed by atoms with Crippen LogP contribution in [0.1, 0.15) is 96.0 Å². The number of rotatable bonds is 20. The molecular weight excluding hydrogens is 388 g/mol. The summed E-state index contributed by atoms with van der Waals surface area (Å²) in [5, 5.41) is 0. The monoisotopic (exact) mass is 432 g/mol. The van der Waals surface area contributed by atoms with Crippen LogP contribution in [0.5, 0.6) is 0 Å². The van der Waals surface area contributed by atoms with E-state index in [2.05, 4.69) is 6.92 Å². The molecule has 0 spiro atoms. The maximum atomic E-state index is 12.3. The molecule has 0 aliphatic rings. The smallest absolute Gasteiger partial charge is 0.339 e. The Kier molecular flexibility index (Phi) is 17.9. The summed E-state index contributed by atoms with van der Waals surface area (Å²) >= 11 is 0. The minimum absolute atomic E-state index is 0.0635. The SMILES string of the molecule is CCCCCCCCCCCCCC/C=C/[C@@H](OCOC)C(=O)OCc1ccccc1. The maximum Gasteiger partial charge on any atom is 0.339 e. The van der Waals surface area contributed by atoms with E-state index in [9.17, 15) is 4.79 Å². The zero-order valence-electron chi connectivity index (χ0n) is 19.9. The van der Waals surface area contributed by atoms with Gasteiger partial charge in [0.2, 0.25) is 0 Å². The first-order chi connectivity index (χ1) is 15.3. The van der Waals surface area contributed by atoms with Crippen LogP contribution in [0.25, 0.3) is 0 Å². The summed E-state index contributed by atoms with van der Waals surface area (Å²) in [6, 6.07) is 9.66. The second-order valence-corrected chi connectivity index (χ2v) is 8.19. The summed E-state index contributed by atoms with van der Waals surface area (Å²) in [6.45, 7) is 2.58. The van der Waals surface area contributed by atoms with Crippen molar-refractivity contribution in [2.75, 3.05) is 13.9 Å². The lowest BCUT2D eigenvalue weighted by Crippen LogP contribution is -2.25. The molecule has 1 rings (SSSR count). The number of hydrogen-bond acceptors (Lipinski definition) is 4. The molecule has 0 fully saturated rings. The molecule has 1 aromatic carbocycles. The van der Waals surface area contributed by atoms with Gasteiger partial charge in [-0.2, -0.15) is 0 Å². The summed E-state index contributed by atoms with van der Waals surface area (Å²) in [5.41, 5.74) is 0.960. The van der Waals surface area contributed by atoms with E-state index >= 15 is 0 Å². The number of hydrogen-bond donors (Lipinski definition) is 0. The molecular formula is C27H44O4. The van der Waals surface area contributed by atoms with Gasteiger partial charge in [-0.25, -0.2) is 4.79 Å². The predicted octanol–water partition coefficient (Wildman–Crippen LogP) is 7.37. The van der Waals surface area contributed by atoms with Crippen molar-refractivity contribution in [3.63, 3.8) is 0 Å². The van der Waals surface area contributed by atoms with E-state index in [1.54, 1.807) is 13.2 Å². The standard InChI is InChI=1S/C27H44O4/c1-3-4-5-6-7-8-9-10-11-12-13-14-15-19-22-26(31-24-29-2)27(28)30-23-25-20-17-16-18-21-25/h16-22,26H,3-15,23-24H2,1-2H3/b22-19+/t26-/m1/s1. The fraction of sp³-hybridized carbons (Fsp3) is 0.667. The van der Waals surface area contributed by atoms with Crippen LogP contribution in [0.4, 0.5) is 0 Å². The van der Waals surface area contributed by atoms with Gasteiger partial charge in [0.25, 0.3) is 0 Å². The molecule has 0 aliphatic heterocycles. The number of methoxy groups -OCH3 is 1. The Hall–Kier alpha value is -1.65. The summed E-state index contributed by atoms with van der Waals surface area (Å²) in [7, 11) is 1.54. The number of ether oxygens (including phenoxy) is 3. The van der Waals surface area contributed by atoms with Gasteiger partial charge in [0.15, 0.2) is 6.10 Å². The van der Waals surface area contributed by atoms with Gasteiger partial charge in [0, 0.05) is 7.11 Å². The minimum Gasteiger partial charge on any atom is -0.459 e. The molecule has 0 radical (unpaired) electrons. The zero-order chi connectivity index (χ0) is 22.4. The third-order valence-corrected chi connectivity index (χ3v) is 5.36. The third kappa shape index (κ3) is 15.8. The van der Waals surface area contributed by atoms with Crippen molar-refractivity contribution in [3.8, 4) is 0 Å². The molecule has 176 valence electrons. The van der Waals surface area contributed by atoms with Crippen LogP contribution < -0.4 is 0 Å². The molecule has 0 aliphatic carbocycles. The number of unbranched alkanes of at least 4 members (excludes halogenated alkanes) is 12. The molecule has 4 heteroatoms. The lowest BCUT2D eigenvalue weighted by Gasteiger charge is -2.13.